The van der Waals surface area contributed by atoms with Crippen LogP contribution in [0.25, 0.3) is 133 Å². The summed E-state index contributed by atoms with van der Waals surface area (Å²) in [6.07, 6.45) is 0. The number of aromatic nitrogens is 6. The Bertz CT molecular complexity index is 4410. The number of para-hydroxylation sites is 2. The second kappa shape index (κ2) is 13.6. The molecule has 70 heavy (non-hydrogen) atoms. The maximum Gasteiger partial charge on any atom is 0.220 e. The van der Waals surface area contributed by atoms with Crippen molar-refractivity contribution in [2.24, 2.45) is 0 Å². The van der Waals surface area contributed by atoms with E-state index in [1.54, 1.807) is 0 Å². The average Bonchev–Trinajstić information content (AvgIpc) is 4.18. The predicted molar refractivity (Wildman–Crippen MR) is 293 cm³/mol. The molecule has 0 unspecified atom stereocenters. The molecule has 334 valence electrons. The fraction of sp³-hybridized carbons (Fsp3) is 0.125. The molecule has 0 saturated heterocycles. The lowest BCUT2D eigenvalue weighted by molar-refractivity contribution is 1.21. The Kier molecular flexibility index (Phi) is 7.68. The van der Waals surface area contributed by atoms with E-state index in [4.69, 9.17) is 9.97 Å². The summed E-state index contributed by atoms with van der Waals surface area (Å²) in [7, 11) is 0. The van der Waals surface area contributed by atoms with Crippen molar-refractivity contribution in [2.75, 3.05) is 0 Å². The lowest BCUT2D eigenvalue weighted by atomic mass is 9.94. The van der Waals surface area contributed by atoms with Gasteiger partial charge in [-0.25, -0.2) is 9.97 Å². The van der Waals surface area contributed by atoms with Crippen molar-refractivity contribution in [3.8, 4) is 44.5 Å². The van der Waals surface area contributed by atoms with Crippen molar-refractivity contribution in [2.45, 2.75) is 55.4 Å². The first kappa shape index (κ1) is 39.5. The van der Waals surface area contributed by atoms with Gasteiger partial charge in [0.1, 0.15) is 0 Å². The van der Waals surface area contributed by atoms with Crippen molar-refractivity contribution < 1.29 is 0 Å². The van der Waals surface area contributed by atoms with Crippen LogP contribution in [0, 0.1) is 55.4 Å². The highest BCUT2D eigenvalue weighted by atomic mass is 15.2. The maximum absolute atomic E-state index is 5.80. The molecule has 0 fully saturated rings. The van der Waals surface area contributed by atoms with Gasteiger partial charge in [-0.3, -0.25) is 17.6 Å². The van der Waals surface area contributed by atoms with Gasteiger partial charge in [0.25, 0.3) is 0 Å². The Morgan fingerprint density at radius 2 is 0.600 bits per heavy atom. The summed E-state index contributed by atoms with van der Waals surface area (Å²) >= 11 is 0. The third-order valence-electron chi connectivity index (χ3n) is 16.1. The molecule has 6 heterocycles. The summed E-state index contributed by atoms with van der Waals surface area (Å²) in [5, 5.41) is 4.83. The molecule has 0 atom stereocenters. The Hall–Kier alpha value is -8.48. The van der Waals surface area contributed by atoms with Crippen molar-refractivity contribution in [1.29, 1.82) is 0 Å². The highest BCUT2D eigenvalue weighted by Gasteiger charge is 2.33. The van der Waals surface area contributed by atoms with Gasteiger partial charge in [0.05, 0.1) is 55.2 Å². The SMILES string of the molecule is Cc1cccc(C)c1-c1ccc2c(c1)c1c3c4c(c5cc(-c6c(C)cccc6C)ccc5n4c4nc5c(-c6c(C)cccc6C)cccc5n34)c3c1n2c1nc2c(-c4c(C)cccc4C)cccc2n31. The first-order chi connectivity index (χ1) is 34.1. The zero-order valence-electron chi connectivity index (χ0n) is 40.5. The number of fused-ring (bicyclic) bond motifs is 18. The fourth-order valence-electron chi connectivity index (χ4n) is 13.2. The first-order valence-electron chi connectivity index (χ1n) is 24.5. The molecule has 6 nitrogen and oxygen atoms in total. The van der Waals surface area contributed by atoms with E-state index in [2.05, 4.69) is 219 Å². The van der Waals surface area contributed by atoms with Crippen LogP contribution in [-0.2, 0) is 0 Å². The van der Waals surface area contributed by atoms with Crippen molar-refractivity contribution in [3.05, 3.63) is 190 Å². The third kappa shape index (κ3) is 4.83. The summed E-state index contributed by atoms with van der Waals surface area (Å²) in [4.78, 5) is 11.6. The molecular weight excluding hydrogens is 853 g/mol. The van der Waals surface area contributed by atoms with Gasteiger partial charge in [0, 0.05) is 32.7 Å². The lowest BCUT2D eigenvalue weighted by Crippen LogP contribution is -1.91. The monoisotopic (exact) mass is 900 g/mol. The Morgan fingerprint density at radius 3 is 0.943 bits per heavy atom. The lowest BCUT2D eigenvalue weighted by Gasteiger charge is -2.11. The van der Waals surface area contributed by atoms with Crippen molar-refractivity contribution in [1.82, 2.24) is 27.6 Å². The van der Waals surface area contributed by atoms with E-state index in [0.717, 1.165) is 55.8 Å². The van der Waals surface area contributed by atoms with Gasteiger partial charge in [0.15, 0.2) is 0 Å². The smallest absolute Gasteiger partial charge is 0.220 e. The molecule has 0 spiro atoms. The minimum absolute atomic E-state index is 0.919. The van der Waals surface area contributed by atoms with Crippen LogP contribution in [0.4, 0.5) is 0 Å². The molecule has 0 bridgehead atoms. The molecule has 0 N–H and O–H groups in total. The quantitative estimate of drug-likeness (QED) is 0.177. The van der Waals surface area contributed by atoms with Crippen LogP contribution >= 0.6 is 0 Å². The van der Waals surface area contributed by atoms with Crippen LogP contribution in [0.15, 0.2) is 146 Å². The number of hydrogen-bond acceptors (Lipinski definition) is 2. The fourth-order valence-corrected chi connectivity index (χ4v) is 13.2. The molecule has 0 saturated carbocycles. The van der Waals surface area contributed by atoms with Gasteiger partial charge >= 0.3 is 0 Å². The minimum atomic E-state index is 0.919. The third-order valence-corrected chi connectivity index (χ3v) is 16.1. The Morgan fingerprint density at radius 1 is 0.300 bits per heavy atom. The zero-order chi connectivity index (χ0) is 47.2. The molecule has 0 radical (unpaired) electrons. The van der Waals surface area contributed by atoms with Gasteiger partial charge in [0.2, 0.25) is 11.6 Å². The number of nitrogens with zero attached hydrogens (tertiary/aromatic N) is 6. The highest BCUT2D eigenvalue weighted by molar-refractivity contribution is 6.37. The summed E-state index contributed by atoms with van der Waals surface area (Å²) in [6.45, 7) is 17.8. The Balaban J connectivity index is 1.22. The molecule has 6 heteroatoms. The summed E-state index contributed by atoms with van der Waals surface area (Å²) in [5.74, 6) is 1.84. The standard InChI is InChI=1S/C64H48N6/c1-33-15-9-16-34(2)51(33)41-27-29-47-45(31-41)55-59-62(70-50-26-14-24-44(58(50)65-63(70)67(47)59)54-39(7)21-12-22-40(54)8)56-46-32-42(52-35(3)17-10-18-36(52)4)28-30-48(46)68-60(56)61(55)69-49-25-13-23-43(57(49)66-64(68)69)53-37(5)19-11-20-38(53)6/h9-32H,1-8H3. The van der Waals surface area contributed by atoms with E-state index in [1.807, 2.05) is 0 Å². The molecule has 15 rings (SSSR count). The first-order valence-corrected chi connectivity index (χ1v) is 24.5. The molecule has 9 aromatic carbocycles. The normalized spacial score (nSPS) is 12.6. The zero-order valence-corrected chi connectivity index (χ0v) is 40.5. The van der Waals surface area contributed by atoms with Crippen molar-refractivity contribution >= 4 is 88.3 Å². The molecule has 0 aliphatic carbocycles. The Labute approximate surface area is 404 Å². The van der Waals surface area contributed by atoms with Crippen molar-refractivity contribution in [3.63, 3.8) is 0 Å². The summed E-state index contributed by atoms with van der Waals surface area (Å²) in [5.41, 5.74) is 31.0. The molecule has 6 aromatic heterocycles. The minimum Gasteiger partial charge on any atom is -0.277 e. The van der Waals surface area contributed by atoms with E-state index in [1.165, 1.54) is 122 Å². The second-order valence-corrected chi connectivity index (χ2v) is 20.2. The average molecular weight is 901 g/mol. The molecular formula is C64H48N6. The van der Waals surface area contributed by atoms with E-state index in [0.29, 0.717) is 0 Å². The topological polar surface area (TPSA) is 43.4 Å². The van der Waals surface area contributed by atoms with E-state index >= 15 is 0 Å². The number of rotatable bonds is 4. The molecule has 0 aliphatic heterocycles. The highest BCUT2D eigenvalue weighted by Crippen LogP contribution is 2.51. The number of hydrogen-bond donors (Lipinski definition) is 0. The summed E-state index contributed by atoms with van der Waals surface area (Å²) in [6, 6.07) is 54.3. The van der Waals surface area contributed by atoms with Crippen LogP contribution in [0.1, 0.15) is 44.5 Å². The largest absolute Gasteiger partial charge is 0.277 e. The number of benzene rings is 9. The van der Waals surface area contributed by atoms with Gasteiger partial charge in [-0.1, -0.05) is 109 Å². The number of imidazole rings is 4. The molecule has 15 aromatic rings. The van der Waals surface area contributed by atoms with Crippen LogP contribution in [0.2, 0.25) is 0 Å². The van der Waals surface area contributed by atoms with Gasteiger partial charge in [-0.2, -0.15) is 0 Å². The van der Waals surface area contributed by atoms with E-state index in [-0.39, 0.29) is 0 Å². The van der Waals surface area contributed by atoms with Gasteiger partial charge < -0.3 is 0 Å². The number of aryl methyl sites for hydroxylation is 8. The van der Waals surface area contributed by atoms with Crippen LogP contribution in [0.3, 0.4) is 0 Å². The predicted octanol–water partition coefficient (Wildman–Crippen LogP) is 16.4. The van der Waals surface area contributed by atoms with Gasteiger partial charge in [-0.15, -0.1) is 0 Å². The summed E-state index contributed by atoms with van der Waals surface area (Å²) < 4.78 is 9.94. The van der Waals surface area contributed by atoms with Crippen LogP contribution in [0.5, 0.6) is 0 Å². The van der Waals surface area contributed by atoms with Crippen LogP contribution in [-0.4, -0.2) is 27.6 Å². The van der Waals surface area contributed by atoms with E-state index in [9.17, 15) is 0 Å². The molecule has 0 aliphatic rings. The molecule has 0 amide bonds. The van der Waals surface area contributed by atoms with E-state index < -0.39 is 0 Å². The van der Waals surface area contributed by atoms with Gasteiger partial charge in [-0.05, 0) is 170 Å². The maximum atomic E-state index is 5.80. The second-order valence-electron chi connectivity index (χ2n) is 20.2. The van der Waals surface area contributed by atoms with Crippen LogP contribution < -0.4 is 0 Å².